The van der Waals surface area contributed by atoms with Gasteiger partial charge in [0, 0.05) is 17.5 Å². The molecule has 0 radical (unpaired) electrons. The van der Waals surface area contributed by atoms with E-state index in [9.17, 15) is 0 Å². The van der Waals surface area contributed by atoms with Gasteiger partial charge in [-0.25, -0.2) is 0 Å². The van der Waals surface area contributed by atoms with Crippen LogP contribution < -0.4 is 5.32 Å². The van der Waals surface area contributed by atoms with Crippen LogP contribution in [0.4, 0.5) is 0 Å². The average molecular weight is 236 g/mol. The van der Waals surface area contributed by atoms with E-state index in [0.717, 1.165) is 18.0 Å². The second-order valence-corrected chi connectivity index (χ2v) is 4.24. The van der Waals surface area contributed by atoms with Crippen LogP contribution in [0.3, 0.4) is 0 Å². The van der Waals surface area contributed by atoms with Crippen molar-refractivity contribution in [2.45, 2.75) is 33.2 Å². The fraction of sp³-hybridized carbons (Fsp3) is 0.429. The molecule has 1 aromatic carbocycles. The molecule has 1 atom stereocenters. The number of nitrogens with one attached hydrogen (secondary N) is 1. The summed E-state index contributed by atoms with van der Waals surface area (Å²) in [6.45, 7) is 6.96. The summed E-state index contributed by atoms with van der Waals surface area (Å²) >= 11 is 6.06. The molecule has 1 rings (SSSR count). The number of benzene rings is 1. The zero-order valence-electron chi connectivity index (χ0n) is 10.1. The van der Waals surface area contributed by atoms with E-state index in [0.29, 0.717) is 0 Å². The van der Waals surface area contributed by atoms with Crippen molar-refractivity contribution in [3.8, 4) is 11.8 Å². The van der Waals surface area contributed by atoms with Crippen LogP contribution in [0.25, 0.3) is 0 Å². The Hall–Kier alpha value is -0.970. The number of hydrogen-bond donors (Lipinski definition) is 1. The number of aryl methyl sites for hydroxylation is 1. The molecule has 0 heterocycles. The van der Waals surface area contributed by atoms with Gasteiger partial charge in [-0.1, -0.05) is 24.6 Å². The second kappa shape index (κ2) is 6.58. The summed E-state index contributed by atoms with van der Waals surface area (Å²) in [5.74, 6) is 6.05. The summed E-state index contributed by atoms with van der Waals surface area (Å²) in [6, 6.07) is 6.42. The molecule has 0 saturated carbocycles. The predicted octanol–water partition coefficient (Wildman–Crippen LogP) is 3.71. The van der Waals surface area contributed by atoms with E-state index in [-0.39, 0.29) is 6.04 Å². The highest BCUT2D eigenvalue weighted by Gasteiger charge is 2.09. The van der Waals surface area contributed by atoms with Crippen molar-refractivity contribution in [2.75, 3.05) is 6.54 Å². The first-order valence-electron chi connectivity index (χ1n) is 5.57. The minimum atomic E-state index is 0.273. The Morgan fingerprint density at radius 2 is 2.12 bits per heavy atom. The quantitative estimate of drug-likeness (QED) is 0.785. The Morgan fingerprint density at radius 3 is 2.69 bits per heavy atom. The van der Waals surface area contributed by atoms with Crippen LogP contribution in [0.2, 0.25) is 5.02 Å². The maximum absolute atomic E-state index is 6.06. The largest absolute Gasteiger partial charge is 0.309 e. The van der Waals surface area contributed by atoms with Gasteiger partial charge >= 0.3 is 0 Å². The van der Waals surface area contributed by atoms with Crippen molar-refractivity contribution in [1.82, 2.24) is 5.32 Å². The topological polar surface area (TPSA) is 12.0 Å². The monoisotopic (exact) mass is 235 g/mol. The lowest BCUT2D eigenvalue weighted by Gasteiger charge is -2.16. The Morgan fingerprint density at radius 1 is 1.38 bits per heavy atom. The summed E-state index contributed by atoms with van der Waals surface area (Å²) < 4.78 is 0. The van der Waals surface area contributed by atoms with Crippen LogP contribution in [0.5, 0.6) is 0 Å². The molecule has 0 bridgehead atoms. The van der Waals surface area contributed by atoms with Gasteiger partial charge in [-0.2, -0.15) is 0 Å². The zero-order chi connectivity index (χ0) is 12.0. The van der Waals surface area contributed by atoms with Crippen molar-refractivity contribution in [3.05, 3.63) is 34.3 Å². The number of hydrogen-bond acceptors (Lipinski definition) is 1. The van der Waals surface area contributed by atoms with E-state index in [4.69, 9.17) is 11.6 Å². The molecular formula is C14H18ClN. The highest BCUT2D eigenvalue weighted by atomic mass is 35.5. The minimum Gasteiger partial charge on any atom is -0.309 e. The van der Waals surface area contributed by atoms with E-state index in [1.807, 2.05) is 19.1 Å². The van der Waals surface area contributed by atoms with Crippen LogP contribution in [-0.2, 0) is 0 Å². The molecule has 0 aliphatic carbocycles. The van der Waals surface area contributed by atoms with E-state index < -0.39 is 0 Å². The minimum absolute atomic E-state index is 0.273. The van der Waals surface area contributed by atoms with Crippen LogP contribution in [0, 0.1) is 18.8 Å². The van der Waals surface area contributed by atoms with Gasteiger partial charge in [0.2, 0.25) is 0 Å². The summed E-state index contributed by atoms with van der Waals surface area (Å²) in [4.78, 5) is 0. The van der Waals surface area contributed by atoms with E-state index >= 15 is 0 Å². The lowest BCUT2D eigenvalue weighted by atomic mass is 10.0. The van der Waals surface area contributed by atoms with E-state index in [1.54, 1.807) is 0 Å². The zero-order valence-corrected chi connectivity index (χ0v) is 10.9. The van der Waals surface area contributed by atoms with Crippen LogP contribution >= 0.6 is 11.6 Å². The van der Waals surface area contributed by atoms with E-state index in [2.05, 4.69) is 37.1 Å². The fourth-order valence-electron chi connectivity index (χ4n) is 1.72. The maximum atomic E-state index is 6.06. The van der Waals surface area contributed by atoms with Gasteiger partial charge in [-0.15, -0.1) is 11.8 Å². The van der Waals surface area contributed by atoms with Crippen molar-refractivity contribution in [3.63, 3.8) is 0 Å². The lowest BCUT2D eigenvalue weighted by Crippen LogP contribution is -2.20. The third kappa shape index (κ3) is 3.89. The first-order valence-corrected chi connectivity index (χ1v) is 5.95. The van der Waals surface area contributed by atoms with Crippen LogP contribution in [-0.4, -0.2) is 6.54 Å². The number of halogens is 1. The van der Waals surface area contributed by atoms with Gasteiger partial charge < -0.3 is 5.32 Å². The molecule has 2 heteroatoms. The molecule has 16 heavy (non-hydrogen) atoms. The molecule has 1 nitrogen and oxygen atoms in total. The molecule has 0 aliphatic rings. The summed E-state index contributed by atoms with van der Waals surface area (Å²) in [5.41, 5.74) is 2.41. The summed E-state index contributed by atoms with van der Waals surface area (Å²) in [7, 11) is 0. The lowest BCUT2D eigenvalue weighted by molar-refractivity contribution is 0.565. The van der Waals surface area contributed by atoms with Crippen molar-refractivity contribution < 1.29 is 0 Å². The number of rotatable bonds is 4. The third-order valence-electron chi connectivity index (χ3n) is 2.40. The molecular weight excluding hydrogens is 218 g/mol. The normalized spacial score (nSPS) is 11.8. The molecule has 0 aliphatic heterocycles. The molecule has 0 amide bonds. The standard InChI is InChI=1S/C14H18ClN/c1-4-6-7-14(16-5-2)12-8-11(3)9-13(15)10-12/h8-10,14,16H,5,7H2,1-3H3. The molecule has 0 aromatic heterocycles. The third-order valence-corrected chi connectivity index (χ3v) is 2.62. The summed E-state index contributed by atoms with van der Waals surface area (Å²) in [5, 5.41) is 4.22. The van der Waals surface area contributed by atoms with Crippen molar-refractivity contribution in [2.24, 2.45) is 0 Å². The SMILES string of the molecule is CC#CCC(NCC)c1cc(C)cc(Cl)c1. The maximum Gasteiger partial charge on any atom is 0.0431 e. The van der Waals surface area contributed by atoms with Gasteiger partial charge in [-0.05, 0) is 43.7 Å². The van der Waals surface area contributed by atoms with Crippen LogP contribution in [0.1, 0.15) is 37.4 Å². The highest BCUT2D eigenvalue weighted by Crippen LogP contribution is 2.22. The molecule has 1 N–H and O–H groups in total. The Kier molecular flexibility index (Phi) is 5.38. The molecule has 0 saturated heterocycles. The van der Waals surface area contributed by atoms with Crippen molar-refractivity contribution in [1.29, 1.82) is 0 Å². The Labute approximate surface area is 103 Å². The summed E-state index contributed by atoms with van der Waals surface area (Å²) in [6.07, 6.45) is 0.824. The Balaban J connectivity index is 2.93. The van der Waals surface area contributed by atoms with E-state index in [1.165, 1.54) is 11.1 Å². The predicted molar refractivity (Wildman–Crippen MR) is 70.7 cm³/mol. The molecule has 1 aromatic rings. The first kappa shape index (κ1) is 13.1. The van der Waals surface area contributed by atoms with Gasteiger partial charge in [-0.3, -0.25) is 0 Å². The molecule has 0 fully saturated rings. The average Bonchev–Trinajstić information content (AvgIpc) is 2.22. The highest BCUT2D eigenvalue weighted by molar-refractivity contribution is 6.30. The smallest absolute Gasteiger partial charge is 0.0431 e. The van der Waals surface area contributed by atoms with Gasteiger partial charge in [0.05, 0.1) is 0 Å². The fourth-order valence-corrected chi connectivity index (χ4v) is 2.02. The van der Waals surface area contributed by atoms with Crippen LogP contribution in [0.15, 0.2) is 18.2 Å². The van der Waals surface area contributed by atoms with Gasteiger partial charge in [0.1, 0.15) is 0 Å². The second-order valence-electron chi connectivity index (χ2n) is 3.80. The molecule has 0 spiro atoms. The first-order chi connectivity index (χ1) is 7.67. The molecule has 86 valence electrons. The van der Waals surface area contributed by atoms with Gasteiger partial charge in [0.25, 0.3) is 0 Å². The molecule has 1 unspecified atom stereocenters. The Bertz CT molecular complexity index is 381. The van der Waals surface area contributed by atoms with Crippen molar-refractivity contribution >= 4 is 11.6 Å². The van der Waals surface area contributed by atoms with Gasteiger partial charge in [0.15, 0.2) is 0 Å².